The van der Waals surface area contributed by atoms with Crippen LogP contribution in [-0.4, -0.2) is 175 Å². The van der Waals surface area contributed by atoms with Crippen molar-refractivity contribution in [2.45, 2.75) is 115 Å². The minimum Gasteiger partial charge on any atom is -0.463 e. The number of nitrogens with one attached hydrogen (secondary N) is 1. The number of ether oxygens (including phenoxy) is 7. The third kappa shape index (κ3) is 17.9. The summed E-state index contributed by atoms with van der Waals surface area (Å²) >= 11 is 0. The van der Waals surface area contributed by atoms with Crippen LogP contribution >= 0.6 is 0 Å². The SMILES string of the molecule is CC.CC[C@H](CO)OC(CO)(CO)OC.CC[C@H](COC(=O)CCC(=O)NC)OC(CO)(CO)OC.CC[C@H]1O[C@@](CO)(OC)[C@@H](O)[C@H]1O. The van der Waals surface area contributed by atoms with Crippen LogP contribution in [0.2, 0.25) is 0 Å². The second-order valence-corrected chi connectivity index (χ2v) is 10.4. The lowest BCUT2D eigenvalue weighted by Gasteiger charge is -2.32. The highest BCUT2D eigenvalue weighted by Gasteiger charge is 2.53. The van der Waals surface area contributed by atoms with E-state index in [1.54, 1.807) is 6.92 Å². The number of esters is 1. The zero-order valence-electron chi connectivity index (χ0n) is 30.6. The summed E-state index contributed by atoms with van der Waals surface area (Å²) in [5, 5.41) is 75.5. The molecule has 296 valence electrons. The van der Waals surface area contributed by atoms with Crippen LogP contribution in [0.5, 0.6) is 0 Å². The van der Waals surface area contributed by atoms with Crippen molar-refractivity contribution in [2.75, 3.05) is 74.6 Å². The summed E-state index contributed by atoms with van der Waals surface area (Å²) in [6.07, 6.45) is -1.98. The Morgan fingerprint density at radius 3 is 1.57 bits per heavy atom. The average molecular weight is 724 g/mol. The Labute approximate surface area is 290 Å². The van der Waals surface area contributed by atoms with Crippen LogP contribution in [0.3, 0.4) is 0 Å². The molecule has 0 spiro atoms. The van der Waals surface area contributed by atoms with Gasteiger partial charge >= 0.3 is 5.97 Å². The molecule has 18 heteroatoms. The van der Waals surface area contributed by atoms with Gasteiger partial charge in [-0.1, -0.05) is 34.6 Å². The quantitative estimate of drug-likeness (QED) is 0.0465. The Hall–Kier alpha value is -1.62. The van der Waals surface area contributed by atoms with E-state index in [0.717, 1.165) is 0 Å². The molecule has 0 unspecified atom stereocenters. The van der Waals surface area contributed by atoms with Gasteiger partial charge in [0, 0.05) is 34.8 Å². The van der Waals surface area contributed by atoms with Crippen molar-refractivity contribution in [2.24, 2.45) is 0 Å². The standard InChI is InChI=1S/C13H25NO7.C8H16O5.C8H18O5.C2H6/c1-4-10(21-13(8-15,9-16)19-3)7-20-12(18)6-5-11(17)14-2;1-3-5-6(10)7(11)8(4-9,12-2)13-5;1-3-7(4-9)13-8(5-10,6-11)12-2;1-2/h10,15-16H,4-9H2,1-3H3,(H,14,17);5-7,9-11H,3-4H2,1-2H3;7,9-11H,3-6H2,1-2H3;1-2H3/t10-;5-,6+,7+,8-;7-;/m111./s1. The molecule has 0 bridgehead atoms. The molecule has 0 aromatic rings. The molecule has 0 aliphatic carbocycles. The van der Waals surface area contributed by atoms with Crippen LogP contribution in [0, 0.1) is 0 Å². The molecule has 49 heavy (non-hydrogen) atoms. The first-order valence-electron chi connectivity index (χ1n) is 16.3. The summed E-state index contributed by atoms with van der Waals surface area (Å²) in [6.45, 7) is 6.82. The number of carbonyl (C=O) groups excluding carboxylic acids is 2. The Bertz CT molecular complexity index is 788. The predicted octanol–water partition coefficient (Wildman–Crippen LogP) is -1.84. The van der Waals surface area contributed by atoms with Crippen molar-refractivity contribution in [3.63, 3.8) is 0 Å². The predicted molar refractivity (Wildman–Crippen MR) is 175 cm³/mol. The monoisotopic (exact) mass is 723 g/mol. The van der Waals surface area contributed by atoms with Gasteiger partial charge in [0.25, 0.3) is 0 Å². The molecule has 0 radical (unpaired) electrons. The van der Waals surface area contributed by atoms with Crippen LogP contribution in [0.25, 0.3) is 0 Å². The van der Waals surface area contributed by atoms with Gasteiger partial charge in [-0.05, 0) is 19.3 Å². The molecule has 1 rings (SSSR count). The number of amides is 1. The molecule has 1 saturated heterocycles. The average Bonchev–Trinajstić information content (AvgIpc) is 3.41. The second kappa shape index (κ2) is 29.0. The molecule has 6 atom stereocenters. The second-order valence-electron chi connectivity index (χ2n) is 10.4. The first kappa shape index (κ1) is 51.7. The van der Waals surface area contributed by atoms with Gasteiger partial charge in [-0.25, -0.2) is 0 Å². The van der Waals surface area contributed by atoms with E-state index in [1.807, 2.05) is 27.7 Å². The van der Waals surface area contributed by atoms with Gasteiger partial charge in [0.2, 0.25) is 23.3 Å². The largest absolute Gasteiger partial charge is 0.463 e. The zero-order valence-corrected chi connectivity index (χ0v) is 30.6. The van der Waals surface area contributed by atoms with Crippen molar-refractivity contribution in [1.82, 2.24) is 5.32 Å². The van der Waals surface area contributed by atoms with Gasteiger partial charge in [-0.3, -0.25) is 9.59 Å². The molecular weight excluding hydrogens is 658 g/mol. The highest BCUT2D eigenvalue weighted by molar-refractivity contribution is 5.80. The highest BCUT2D eigenvalue weighted by Crippen LogP contribution is 2.32. The summed E-state index contributed by atoms with van der Waals surface area (Å²) in [4.78, 5) is 22.5. The third-order valence-electron chi connectivity index (χ3n) is 7.32. The van der Waals surface area contributed by atoms with E-state index in [1.165, 1.54) is 28.4 Å². The lowest BCUT2D eigenvalue weighted by atomic mass is 10.0. The number of aliphatic hydroxyl groups is 8. The highest BCUT2D eigenvalue weighted by atomic mass is 16.7. The fourth-order valence-corrected chi connectivity index (χ4v) is 3.84. The van der Waals surface area contributed by atoms with Crippen molar-refractivity contribution < 1.29 is 83.6 Å². The molecule has 0 aromatic heterocycles. The maximum Gasteiger partial charge on any atom is 0.306 e. The minimum absolute atomic E-state index is 0.0223. The van der Waals surface area contributed by atoms with E-state index in [4.69, 9.17) is 53.6 Å². The molecule has 18 nitrogen and oxygen atoms in total. The lowest BCUT2D eigenvalue weighted by Crippen LogP contribution is -2.47. The Morgan fingerprint density at radius 2 is 1.29 bits per heavy atom. The maximum atomic E-state index is 11.5. The number of methoxy groups -OCH3 is 3. The fraction of sp³-hybridized carbons (Fsp3) is 0.935. The molecule has 1 aliphatic rings. The summed E-state index contributed by atoms with van der Waals surface area (Å²) in [5.74, 6) is -5.13. The summed E-state index contributed by atoms with van der Waals surface area (Å²) in [7, 11) is 5.44. The molecule has 1 fully saturated rings. The van der Waals surface area contributed by atoms with Crippen LogP contribution in [0.1, 0.15) is 66.7 Å². The molecule has 9 N–H and O–H groups in total. The number of hydrogen-bond donors (Lipinski definition) is 9. The summed E-state index contributed by atoms with van der Waals surface area (Å²) in [6, 6.07) is 0. The van der Waals surface area contributed by atoms with Gasteiger partial charge < -0.3 is 79.3 Å². The fourth-order valence-electron chi connectivity index (χ4n) is 3.84. The van der Waals surface area contributed by atoms with Gasteiger partial charge in [0.15, 0.2) is 0 Å². The van der Waals surface area contributed by atoms with Gasteiger partial charge in [0.1, 0.15) is 25.4 Å². The minimum atomic E-state index is -1.52. The smallest absolute Gasteiger partial charge is 0.306 e. The van der Waals surface area contributed by atoms with Crippen LogP contribution < -0.4 is 5.32 Å². The molecule has 1 amide bonds. The zero-order chi connectivity index (χ0) is 38.7. The van der Waals surface area contributed by atoms with Gasteiger partial charge in [0.05, 0.1) is 57.8 Å². The van der Waals surface area contributed by atoms with E-state index in [-0.39, 0.29) is 32.0 Å². The van der Waals surface area contributed by atoms with Gasteiger partial charge in [-0.2, -0.15) is 0 Å². The van der Waals surface area contributed by atoms with E-state index >= 15 is 0 Å². The van der Waals surface area contributed by atoms with E-state index in [2.05, 4.69) is 5.32 Å². The molecule has 0 aromatic carbocycles. The molecule has 1 aliphatic heterocycles. The Morgan fingerprint density at radius 1 is 0.816 bits per heavy atom. The van der Waals surface area contributed by atoms with E-state index in [9.17, 15) is 30.0 Å². The van der Waals surface area contributed by atoms with Gasteiger partial charge in [-0.15, -0.1) is 0 Å². The van der Waals surface area contributed by atoms with Crippen molar-refractivity contribution in [3.05, 3.63) is 0 Å². The number of hydrogen-bond acceptors (Lipinski definition) is 17. The lowest BCUT2D eigenvalue weighted by molar-refractivity contribution is -0.282. The van der Waals surface area contributed by atoms with Crippen LogP contribution in [0.15, 0.2) is 0 Å². The normalized spacial score (nSPS) is 21.5. The van der Waals surface area contributed by atoms with E-state index in [0.29, 0.717) is 19.3 Å². The topological polar surface area (TPSA) is 273 Å². The third-order valence-corrected chi connectivity index (χ3v) is 7.32. The van der Waals surface area contributed by atoms with Crippen molar-refractivity contribution in [3.8, 4) is 0 Å². The molecular formula is C31H65NO17. The summed E-state index contributed by atoms with van der Waals surface area (Å²) in [5.41, 5.74) is 0. The first-order valence-corrected chi connectivity index (χ1v) is 16.3. The number of carbonyl (C=O) groups is 2. The van der Waals surface area contributed by atoms with E-state index < -0.39 is 86.9 Å². The Balaban J connectivity index is -0.000000658. The number of rotatable bonds is 21. The van der Waals surface area contributed by atoms with Crippen molar-refractivity contribution >= 4 is 11.9 Å². The van der Waals surface area contributed by atoms with Crippen LogP contribution in [0.4, 0.5) is 0 Å². The Kier molecular flexibility index (Phi) is 30.6. The first-order chi connectivity index (χ1) is 23.2. The molecule has 1 heterocycles. The molecule has 0 saturated carbocycles. The summed E-state index contributed by atoms with van der Waals surface area (Å²) < 4.78 is 35.6. The van der Waals surface area contributed by atoms with Crippen LogP contribution in [-0.2, 0) is 42.7 Å². The number of aliphatic hydroxyl groups excluding tert-OH is 8. The van der Waals surface area contributed by atoms with Crippen molar-refractivity contribution in [1.29, 1.82) is 0 Å². The maximum absolute atomic E-state index is 11.5.